The van der Waals surface area contributed by atoms with Crippen LogP contribution in [0.15, 0.2) is 36.8 Å². The number of aromatic nitrogens is 3. The van der Waals surface area contributed by atoms with Crippen LogP contribution < -0.4 is 10.2 Å². The number of nitrogens with zero attached hydrogens (tertiary/aromatic N) is 4. The van der Waals surface area contributed by atoms with E-state index in [4.69, 9.17) is 4.74 Å². The topological polar surface area (TPSA) is 80.2 Å². The molecule has 3 aromatic rings. The van der Waals surface area contributed by atoms with Crippen LogP contribution in [0.5, 0.6) is 0 Å². The van der Waals surface area contributed by atoms with Gasteiger partial charge >= 0.3 is 0 Å². The highest BCUT2D eigenvalue weighted by atomic mass is 19.3. The van der Waals surface area contributed by atoms with Crippen molar-refractivity contribution in [3.63, 3.8) is 0 Å². The predicted octanol–water partition coefficient (Wildman–Crippen LogP) is 2.77. The van der Waals surface area contributed by atoms with Gasteiger partial charge in [0.05, 0.1) is 30.7 Å². The number of carbonyl (C=O) groups excluding carboxylic acids is 1. The molecule has 0 saturated carbocycles. The van der Waals surface area contributed by atoms with E-state index in [1.807, 2.05) is 12.1 Å². The number of nitrogens with one attached hydrogen (secondary N) is 1. The van der Waals surface area contributed by atoms with Crippen LogP contribution in [0.25, 0.3) is 10.8 Å². The zero-order chi connectivity index (χ0) is 20.9. The normalized spacial score (nSPS) is 13.8. The number of ether oxygens (including phenoxy) is 1. The van der Waals surface area contributed by atoms with Crippen LogP contribution in [0.3, 0.4) is 0 Å². The van der Waals surface area contributed by atoms with Gasteiger partial charge in [-0.1, -0.05) is 5.92 Å². The predicted molar refractivity (Wildman–Crippen MR) is 107 cm³/mol. The largest absolute Gasteiger partial charge is 0.378 e. The average Bonchev–Trinajstić information content (AvgIpc) is 2.78. The van der Waals surface area contributed by atoms with E-state index in [9.17, 15) is 13.6 Å². The molecular weight excluding hydrogens is 392 g/mol. The Labute approximate surface area is 171 Å². The van der Waals surface area contributed by atoms with Crippen molar-refractivity contribution < 1.29 is 18.3 Å². The molecule has 1 fully saturated rings. The molecule has 0 spiro atoms. The van der Waals surface area contributed by atoms with Gasteiger partial charge in [0.15, 0.2) is 0 Å². The summed E-state index contributed by atoms with van der Waals surface area (Å²) in [5, 5.41) is 3.03. The minimum Gasteiger partial charge on any atom is -0.378 e. The van der Waals surface area contributed by atoms with Crippen molar-refractivity contribution in [3.05, 3.63) is 53.7 Å². The van der Waals surface area contributed by atoms with Gasteiger partial charge < -0.3 is 15.0 Å². The molecule has 4 heterocycles. The lowest BCUT2D eigenvalue weighted by Crippen LogP contribution is -2.36. The number of hydrogen-bond acceptors (Lipinski definition) is 6. The average molecular weight is 409 g/mol. The number of fused-ring (bicyclic) bond motifs is 1. The number of pyridine rings is 3. The molecule has 1 N–H and O–H groups in total. The van der Waals surface area contributed by atoms with Crippen LogP contribution >= 0.6 is 0 Å². The van der Waals surface area contributed by atoms with E-state index in [1.54, 1.807) is 6.20 Å². The van der Waals surface area contributed by atoms with Crippen LogP contribution in [0, 0.1) is 11.8 Å². The smallest absolute Gasteiger partial charge is 0.281 e. The molecule has 1 aliphatic rings. The molecule has 0 aliphatic carbocycles. The van der Waals surface area contributed by atoms with Crippen LogP contribution in [0.2, 0.25) is 0 Å². The molecule has 9 heteroatoms. The summed E-state index contributed by atoms with van der Waals surface area (Å²) in [7, 11) is 0. The minimum absolute atomic E-state index is 0.184. The number of rotatable bonds is 4. The van der Waals surface area contributed by atoms with Crippen molar-refractivity contribution in [1.29, 1.82) is 0 Å². The van der Waals surface area contributed by atoms with Gasteiger partial charge in [0, 0.05) is 36.3 Å². The number of carbonyl (C=O) groups is 1. The summed E-state index contributed by atoms with van der Waals surface area (Å²) in [5.74, 6) is 6.12. The number of anilines is 2. The number of amides is 1. The first-order chi connectivity index (χ1) is 14.7. The summed E-state index contributed by atoms with van der Waals surface area (Å²) >= 11 is 0. The molecule has 152 valence electrons. The van der Waals surface area contributed by atoms with Crippen molar-refractivity contribution in [3.8, 4) is 11.8 Å². The van der Waals surface area contributed by atoms with Gasteiger partial charge in [0.25, 0.3) is 6.43 Å². The summed E-state index contributed by atoms with van der Waals surface area (Å²) < 4.78 is 31.9. The third-order valence-electron chi connectivity index (χ3n) is 4.67. The Morgan fingerprint density at radius 2 is 1.90 bits per heavy atom. The van der Waals surface area contributed by atoms with Crippen molar-refractivity contribution in [2.75, 3.05) is 36.5 Å². The second-order valence-electron chi connectivity index (χ2n) is 6.49. The van der Waals surface area contributed by atoms with E-state index in [2.05, 4.69) is 37.0 Å². The molecule has 0 bridgehead atoms. The summed E-state index contributed by atoms with van der Waals surface area (Å²) in [6, 6.07) is 5.24. The summed E-state index contributed by atoms with van der Waals surface area (Å²) in [5.41, 5.74) is 1.59. The molecule has 0 radical (unpaired) electrons. The summed E-state index contributed by atoms with van der Waals surface area (Å²) in [4.78, 5) is 25.1. The Bertz CT molecular complexity index is 1120. The van der Waals surface area contributed by atoms with Crippen LogP contribution in [0.4, 0.5) is 20.3 Å². The van der Waals surface area contributed by atoms with E-state index < -0.39 is 6.43 Å². The Hall–Kier alpha value is -3.64. The Kier molecular flexibility index (Phi) is 5.77. The van der Waals surface area contributed by atoms with Gasteiger partial charge in [-0.15, -0.1) is 0 Å². The maximum atomic E-state index is 13.3. The lowest BCUT2D eigenvalue weighted by molar-refractivity contribution is -0.105. The van der Waals surface area contributed by atoms with Crippen molar-refractivity contribution >= 4 is 28.7 Å². The first-order valence-electron chi connectivity index (χ1n) is 9.23. The molecule has 3 aromatic heterocycles. The van der Waals surface area contributed by atoms with Crippen LogP contribution in [0.1, 0.15) is 23.4 Å². The molecule has 0 atom stereocenters. The second-order valence-corrected chi connectivity index (χ2v) is 6.49. The monoisotopic (exact) mass is 409 g/mol. The zero-order valence-electron chi connectivity index (χ0n) is 15.8. The Morgan fingerprint density at radius 1 is 1.07 bits per heavy atom. The molecule has 30 heavy (non-hydrogen) atoms. The molecule has 0 unspecified atom stereocenters. The maximum Gasteiger partial charge on any atom is 0.281 e. The highest BCUT2D eigenvalue weighted by Crippen LogP contribution is 2.28. The SMILES string of the molecule is O=CNc1cc2c(C#Cc3ccc(N4CCOCC4)cn3)cnc(C(F)F)c2cn1. The van der Waals surface area contributed by atoms with E-state index in [-0.39, 0.29) is 16.9 Å². The molecule has 4 rings (SSSR count). The van der Waals surface area contributed by atoms with E-state index >= 15 is 0 Å². The standard InChI is InChI=1S/C21H17F2N5O2/c22-21(23)20-18-12-25-19(27-13-29)9-17(18)14(10-26-20)1-2-15-3-4-16(11-24-15)28-5-7-30-8-6-28/h3-4,9-13,21H,5-8H2,(H,25,27,29). The summed E-state index contributed by atoms with van der Waals surface area (Å²) in [6.45, 7) is 3.00. The van der Waals surface area contributed by atoms with Crippen molar-refractivity contribution in [1.82, 2.24) is 15.0 Å². The minimum atomic E-state index is -2.75. The van der Waals surface area contributed by atoms with Gasteiger partial charge in [-0.25, -0.2) is 18.7 Å². The van der Waals surface area contributed by atoms with Crippen LogP contribution in [-0.2, 0) is 9.53 Å². The second kappa shape index (κ2) is 8.80. The molecule has 1 aliphatic heterocycles. The number of hydrogen-bond donors (Lipinski definition) is 1. The van der Waals surface area contributed by atoms with Gasteiger partial charge in [0.1, 0.15) is 17.2 Å². The molecule has 1 amide bonds. The number of alkyl halides is 2. The quantitative estimate of drug-likeness (QED) is 0.527. The van der Waals surface area contributed by atoms with Crippen LogP contribution in [-0.4, -0.2) is 47.7 Å². The highest BCUT2D eigenvalue weighted by molar-refractivity contribution is 5.92. The fourth-order valence-electron chi connectivity index (χ4n) is 3.17. The van der Waals surface area contributed by atoms with Gasteiger partial charge in [-0.05, 0) is 24.1 Å². The van der Waals surface area contributed by atoms with Crippen molar-refractivity contribution in [2.24, 2.45) is 0 Å². The fraction of sp³-hybridized carbons (Fsp3) is 0.238. The molecule has 1 saturated heterocycles. The Morgan fingerprint density at radius 3 is 2.60 bits per heavy atom. The van der Waals surface area contributed by atoms with Gasteiger partial charge in [0.2, 0.25) is 6.41 Å². The van der Waals surface area contributed by atoms with Gasteiger partial charge in [-0.2, -0.15) is 0 Å². The highest BCUT2D eigenvalue weighted by Gasteiger charge is 2.16. The first kappa shape index (κ1) is 19.7. The lowest BCUT2D eigenvalue weighted by Gasteiger charge is -2.28. The molecule has 0 aromatic carbocycles. The van der Waals surface area contributed by atoms with E-state index in [0.717, 1.165) is 18.8 Å². The fourth-order valence-corrected chi connectivity index (χ4v) is 3.17. The third kappa shape index (κ3) is 4.18. The number of halogens is 2. The maximum absolute atomic E-state index is 13.3. The third-order valence-corrected chi connectivity index (χ3v) is 4.67. The zero-order valence-corrected chi connectivity index (χ0v) is 15.8. The summed E-state index contributed by atoms with van der Waals surface area (Å²) in [6.07, 6.45) is 2.02. The van der Waals surface area contributed by atoms with E-state index in [1.165, 1.54) is 18.5 Å². The van der Waals surface area contributed by atoms with E-state index in [0.29, 0.717) is 36.3 Å². The first-order valence-corrected chi connectivity index (χ1v) is 9.23. The molecular formula is C21H17F2N5O2. The lowest BCUT2D eigenvalue weighted by atomic mass is 10.1. The van der Waals surface area contributed by atoms with Gasteiger partial charge in [-0.3, -0.25) is 9.78 Å². The van der Waals surface area contributed by atoms with Crippen molar-refractivity contribution in [2.45, 2.75) is 6.43 Å². The molecule has 7 nitrogen and oxygen atoms in total. The Balaban J connectivity index is 1.66. The number of morpholine rings is 1.